The van der Waals surface area contributed by atoms with Crippen molar-refractivity contribution in [1.29, 1.82) is 0 Å². The number of hydrogen-bond acceptors (Lipinski definition) is 6. The van der Waals surface area contributed by atoms with Crippen molar-refractivity contribution in [3.8, 4) is 11.5 Å². The van der Waals surface area contributed by atoms with E-state index in [1.165, 1.54) is 0 Å². The van der Waals surface area contributed by atoms with Crippen LogP contribution in [0.2, 0.25) is 0 Å². The highest BCUT2D eigenvalue weighted by molar-refractivity contribution is 5.70. The Kier molecular flexibility index (Phi) is 7.63. The Hall–Kier alpha value is -2.16. The fourth-order valence-electron chi connectivity index (χ4n) is 1.72. The van der Waals surface area contributed by atoms with E-state index < -0.39 is 10.2 Å². The quantitative estimate of drug-likeness (QED) is 0.634. The van der Waals surface area contributed by atoms with Crippen molar-refractivity contribution in [3.05, 3.63) is 53.9 Å². The fourth-order valence-corrected chi connectivity index (χ4v) is 1.72. The van der Waals surface area contributed by atoms with Gasteiger partial charge >= 0.3 is 0 Å². The van der Waals surface area contributed by atoms with E-state index in [2.05, 4.69) is 0 Å². The average Bonchev–Trinajstić information content (AvgIpc) is 2.48. The van der Waals surface area contributed by atoms with Crippen LogP contribution in [0, 0.1) is 10.2 Å². The number of aryl methyl sites for hydroxylation is 1. The second-order valence-corrected chi connectivity index (χ2v) is 5.42. The number of hydrogen-bond donors (Lipinski definition) is 1. The van der Waals surface area contributed by atoms with Gasteiger partial charge in [-0.15, -0.1) is 10.2 Å². The van der Waals surface area contributed by atoms with Gasteiger partial charge in [0.2, 0.25) is 0 Å². The lowest BCUT2D eigenvalue weighted by molar-refractivity contribution is -2.00. The first-order valence-electron chi connectivity index (χ1n) is 6.90. The van der Waals surface area contributed by atoms with Crippen molar-refractivity contribution >= 4 is 12.2 Å². The number of phenolic OH excluding ortho intramolecular Hbond substituents is 1. The van der Waals surface area contributed by atoms with Crippen LogP contribution >= 0.6 is 0 Å². The van der Waals surface area contributed by atoms with Gasteiger partial charge in [0.25, 0.3) is 0 Å². The molecule has 24 heavy (non-hydrogen) atoms. The number of nitrogens with zero attached hydrogens (tertiary/aromatic N) is 1. The zero-order chi connectivity index (χ0) is 18.2. The molecule has 1 N–H and O–H groups in total. The van der Waals surface area contributed by atoms with Gasteiger partial charge < -0.3 is 9.84 Å². The molecule has 0 fully saturated rings. The standard InChI is InChI=1S/C16H17NO2.ClHO4/c1-3-19-16-12-14(6-7-15(16)18)5-4-13-8-10-17(2)11-9-13;2-1(3,4)5/h4-12H,3H2,1-2H3;(H,2,3,4,5). The summed E-state index contributed by atoms with van der Waals surface area (Å²) < 4.78 is 41.3. The third kappa shape index (κ3) is 8.47. The Morgan fingerprint density at radius 2 is 1.58 bits per heavy atom. The van der Waals surface area contributed by atoms with Crippen LogP contribution in [-0.4, -0.2) is 11.7 Å². The summed E-state index contributed by atoms with van der Waals surface area (Å²) in [6.07, 6.45) is 8.03. The van der Waals surface area contributed by atoms with E-state index in [1.54, 1.807) is 6.07 Å². The molecule has 0 unspecified atom stereocenters. The van der Waals surface area contributed by atoms with Crippen LogP contribution < -0.4 is 27.9 Å². The first-order chi connectivity index (χ1) is 11.2. The van der Waals surface area contributed by atoms with Crippen LogP contribution in [0.3, 0.4) is 0 Å². The SMILES string of the molecule is CCOc1cc(/C=C/c2cc[n+](C)cc2)ccc1O.[O-][Cl+3]([O-])([O-])[O-]. The number of rotatable bonds is 4. The van der Waals surface area contributed by atoms with Crippen molar-refractivity contribution in [3.63, 3.8) is 0 Å². The molecule has 0 spiro atoms. The minimum Gasteiger partial charge on any atom is -0.504 e. The molecule has 0 aliphatic rings. The maximum atomic E-state index is 9.63. The van der Waals surface area contributed by atoms with Crippen LogP contribution in [0.4, 0.5) is 0 Å². The van der Waals surface area contributed by atoms with Crippen molar-refractivity contribution in [1.82, 2.24) is 0 Å². The Labute approximate surface area is 142 Å². The summed E-state index contributed by atoms with van der Waals surface area (Å²) in [6.45, 7) is 2.43. The number of aromatic hydroxyl groups is 1. The van der Waals surface area contributed by atoms with E-state index in [0.29, 0.717) is 12.4 Å². The molecule has 0 radical (unpaired) electrons. The van der Waals surface area contributed by atoms with Crippen molar-refractivity contribution in [2.24, 2.45) is 7.05 Å². The first-order valence-corrected chi connectivity index (χ1v) is 8.13. The fraction of sp³-hybridized carbons (Fsp3) is 0.188. The maximum absolute atomic E-state index is 9.63. The molecule has 0 saturated heterocycles. The second-order valence-electron chi connectivity index (χ2n) is 4.67. The van der Waals surface area contributed by atoms with Gasteiger partial charge in [-0.3, -0.25) is 0 Å². The highest BCUT2D eigenvalue weighted by atomic mass is 35.7. The summed E-state index contributed by atoms with van der Waals surface area (Å²) >= 11 is 0. The van der Waals surface area contributed by atoms with Gasteiger partial charge in [0, 0.05) is 12.1 Å². The van der Waals surface area contributed by atoms with Crippen LogP contribution in [0.5, 0.6) is 11.5 Å². The molecule has 0 atom stereocenters. The summed E-state index contributed by atoms with van der Waals surface area (Å²) in [7, 11) is -2.96. The Balaban J connectivity index is 0.000000505. The lowest BCUT2D eigenvalue weighted by atomic mass is 10.1. The Bertz CT molecular complexity index is 661. The highest BCUT2D eigenvalue weighted by Crippen LogP contribution is 2.27. The predicted octanol–water partition coefficient (Wildman–Crippen LogP) is -1.97. The molecule has 0 aliphatic carbocycles. The lowest BCUT2D eigenvalue weighted by Gasteiger charge is -2.17. The minimum atomic E-state index is -4.94. The molecule has 8 heteroatoms. The lowest BCUT2D eigenvalue weighted by Crippen LogP contribution is -2.68. The van der Waals surface area contributed by atoms with Gasteiger partial charge in [0.1, 0.15) is 7.05 Å². The monoisotopic (exact) mass is 355 g/mol. The van der Waals surface area contributed by atoms with Crippen LogP contribution in [0.1, 0.15) is 18.1 Å². The summed E-state index contributed by atoms with van der Waals surface area (Å²) in [5.41, 5.74) is 2.12. The first kappa shape index (κ1) is 19.9. The number of ether oxygens (including phenoxy) is 1. The van der Waals surface area contributed by atoms with E-state index in [9.17, 15) is 5.11 Å². The molecule has 1 aromatic carbocycles. The van der Waals surface area contributed by atoms with E-state index >= 15 is 0 Å². The summed E-state index contributed by atoms with van der Waals surface area (Å²) in [4.78, 5) is 0. The minimum absolute atomic E-state index is 0.172. The van der Waals surface area contributed by atoms with Gasteiger partial charge in [0.15, 0.2) is 23.9 Å². The van der Waals surface area contributed by atoms with E-state index in [0.717, 1.165) is 11.1 Å². The third-order valence-electron chi connectivity index (χ3n) is 2.76. The van der Waals surface area contributed by atoms with Crippen molar-refractivity contribution in [2.75, 3.05) is 6.61 Å². The molecule has 0 aliphatic heterocycles. The maximum Gasteiger partial charge on any atom is 0.169 e. The Morgan fingerprint density at radius 3 is 2.12 bits per heavy atom. The summed E-state index contributed by atoms with van der Waals surface area (Å²) in [5, 5.41) is 9.63. The third-order valence-corrected chi connectivity index (χ3v) is 2.76. The van der Waals surface area contributed by atoms with Crippen LogP contribution in [0.25, 0.3) is 12.2 Å². The Morgan fingerprint density at radius 1 is 1.04 bits per heavy atom. The van der Waals surface area contributed by atoms with Crippen molar-refractivity contribution in [2.45, 2.75) is 6.92 Å². The van der Waals surface area contributed by atoms with Gasteiger partial charge in [-0.2, -0.15) is 0 Å². The number of benzene rings is 1. The molecular weight excluding hydrogens is 338 g/mol. The zero-order valence-electron chi connectivity index (χ0n) is 13.2. The number of halogens is 1. The normalized spacial score (nSPS) is 11.1. The average molecular weight is 356 g/mol. The van der Waals surface area contributed by atoms with E-state index in [4.69, 9.17) is 23.4 Å². The molecule has 1 heterocycles. The van der Waals surface area contributed by atoms with Crippen molar-refractivity contribution < 1.29 is 43.3 Å². The van der Waals surface area contributed by atoms with E-state index in [1.807, 2.05) is 67.3 Å². The van der Waals surface area contributed by atoms with E-state index in [-0.39, 0.29) is 5.75 Å². The van der Waals surface area contributed by atoms with Gasteiger partial charge in [-0.1, -0.05) is 18.2 Å². The van der Waals surface area contributed by atoms with Gasteiger partial charge in [-0.05, 0) is 30.2 Å². The number of aromatic nitrogens is 1. The molecule has 7 nitrogen and oxygen atoms in total. The second kappa shape index (κ2) is 9.21. The molecular formula is C16H18ClNO6. The summed E-state index contributed by atoms with van der Waals surface area (Å²) in [6, 6.07) is 9.42. The van der Waals surface area contributed by atoms with Crippen LogP contribution in [0.15, 0.2) is 42.7 Å². The van der Waals surface area contributed by atoms with Crippen LogP contribution in [-0.2, 0) is 7.05 Å². The molecule has 2 rings (SSSR count). The van der Waals surface area contributed by atoms with Gasteiger partial charge in [0.05, 0.1) is 6.61 Å². The van der Waals surface area contributed by atoms with Gasteiger partial charge in [-0.25, -0.2) is 23.2 Å². The zero-order valence-corrected chi connectivity index (χ0v) is 14.0. The molecule has 0 bridgehead atoms. The largest absolute Gasteiger partial charge is 0.504 e. The number of pyridine rings is 1. The molecule has 0 amide bonds. The molecule has 130 valence electrons. The highest BCUT2D eigenvalue weighted by Gasteiger charge is 2.01. The molecule has 1 aromatic heterocycles. The molecule has 2 aromatic rings. The summed E-state index contributed by atoms with van der Waals surface area (Å²) in [5.74, 6) is 0.690. The molecule has 0 saturated carbocycles. The number of phenols is 1. The smallest absolute Gasteiger partial charge is 0.169 e. The topological polar surface area (TPSA) is 126 Å². The predicted molar refractivity (Wildman–Crippen MR) is 75.8 cm³/mol.